The first-order chi connectivity index (χ1) is 9.97. The number of carbonyl (C=O) groups is 2. The normalized spacial score (nSPS) is 15.3. The van der Waals surface area contributed by atoms with E-state index in [1.807, 2.05) is 0 Å². The van der Waals surface area contributed by atoms with Crippen molar-refractivity contribution in [1.82, 2.24) is 4.90 Å². The molecule has 0 N–H and O–H groups in total. The van der Waals surface area contributed by atoms with E-state index in [1.165, 1.54) is 6.07 Å². The Morgan fingerprint density at radius 2 is 1.86 bits per heavy atom. The quantitative estimate of drug-likeness (QED) is 0.605. The Hall–Kier alpha value is -1.07. The summed E-state index contributed by atoms with van der Waals surface area (Å²) < 4.78 is 4.91. The number of ether oxygens (including phenoxy) is 1. The summed E-state index contributed by atoms with van der Waals surface area (Å²) in [4.78, 5) is 25.6. The highest BCUT2D eigenvalue weighted by molar-refractivity contribution is 6.55. The highest BCUT2D eigenvalue weighted by Gasteiger charge is 2.38. The van der Waals surface area contributed by atoms with Crippen LogP contribution in [-0.2, 0) is 14.3 Å². The fraction of sp³-hybridized carbons (Fsp3) is 0.286. The molecule has 0 saturated heterocycles. The van der Waals surface area contributed by atoms with Crippen LogP contribution >= 0.6 is 34.8 Å². The summed E-state index contributed by atoms with van der Waals surface area (Å²) in [5.74, 6) is -0.968. The molecule has 1 heterocycles. The van der Waals surface area contributed by atoms with Crippen molar-refractivity contribution in [2.75, 3.05) is 20.3 Å². The van der Waals surface area contributed by atoms with Gasteiger partial charge in [-0.05, 0) is 18.6 Å². The van der Waals surface area contributed by atoms with Crippen LogP contribution in [0.1, 0.15) is 12.0 Å². The fourth-order valence-electron chi connectivity index (χ4n) is 2.04. The number of nitrogens with zero attached hydrogens (tertiary/aromatic N) is 1. The molecule has 0 aliphatic carbocycles. The predicted molar refractivity (Wildman–Crippen MR) is 82.4 cm³/mol. The minimum Gasteiger partial charge on any atom is -0.385 e. The molecule has 0 radical (unpaired) electrons. The van der Waals surface area contributed by atoms with Crippen LogP contribution in [0, 0.1) is 0 Å². The van der Waals surface area contributed by atoms with Gasteiger partial charge in [-0.15, -0.1) is 0 Å². The molecule has 2 amide bonds. The third-order valence-corrected chi connectivity index (χ3v) is 3.94. The zero-order valence-electron chi connectivity index (χ0n) is 11.2. The molecule has 7 heteroatoms. The monoisotopic (exact) mass is 347 g/mol. The first-order valence-corrected chi connectivity index (χ1v) is 7.31. The van der Waals surface area contributed by atoms with Crippen LogP contribution in [0.15, 0.2) is 23.2 Å². The second-order valence-corrected chi connectivity index (χ2v) is 5.64. The third-order valence-electron chi connectivity index (χ3n) is 3.04. The van der Waals surface area contributed by atoms with Gasteiger partial charge < -0.3 is 4.74 Å². The smallest absolute Gasteiger partial charge is 0.273 e. The molecule has 0 saturated carbocycles. The Labute approximate surface area is 137 Å². The Kier molecular flexibility index (Phi) is 5.27. The lowest BCUT2D eigenvalue weighted by molar-refractivity contribution is -0.136. The highest BCUT2D eigenvalue weighted by atomic mass is 35.5. The summed E-state index contributed by atoms with van der Waals surface area (Å²) in [7, 11) is 1.55. The molecule has 0 atom stereocenters. The molecule has 1 aliphatic heterocycles. The van der Waals surface area contributed by atoms with Gasteiger partial charge in [-0.3, -0.25) is 14.5 Å². The van der Waals surface area contributed by atoms with E-state index in [2.05, 4.69) is 0 Å². The van der Waals surface area contributed by atoms with Crippen LogP contribution in [-0.4, -0.2) is 37.0 Å². The Morgan fingerprint density at radius 1 is 1.14 bits per heavy atom. The van der Waals surface area contributed by atoms with Crippen molar-refractivity contribution >= 4 is 52.2 Å². The second kappa shape index (κ2) is 6.79. The molecule has 1 aromatic rings. The lowest BCUT2D eigenvalue weighted by Gasteiger charge is -2.14. The number of hydrogen-bond acceptors (Lipinski definition) is 3. The predicted octanol–water partition coefficient (Wildman–Crippen LogP) is 3.35. The molecule has 0 spiro atoms. The summed E-state index contributed by atoms with van der Waals surface area (Å²) in [5.41, 5.74) is 0.513. The number of amides is 2. The van der Waals surface area contributed by atoms with Gasteiger partial charge in [0.2, 0.25) is 0 Å². The zero-order valence-corrected chi connectivity index (χ0v) is 13.4. The minimum atomic E-state index is -0.515. The van der Waals surface area contributed by atoms with Crippen LogP contribution < -0.4 is 0 Å². The fourth-order valence-corrected chi connectivity index (χ4v) is 2.83. The second-order valence-electron chi connectivity index (χ2n) is 4.42. The van der Waals surface area contributed by atoms with Gasteiger partial charge in [0.05, 0.1) is 10.6 Å². The molecule has 0 aromatic heterocycles. The molecule has 0 bridgehead atoms. The van der Waals surface area contributed by atoms with Gasteiger partial charge in [-0.2, -0.15) is 0 Å². The highest BCUT2D eigenvalue weighted by Crippen LogP contribution is 2.36. The molecule has 1 aromatic carbocycles. The molecule has 21 heavy (non-hydrogen) atoms. The van der Waals surface area contributed by atoms with E-state index in [4.69, 9.17) is 39.5 Å². The van der Waals surface area contributed by atoms with Gasteiger partial charge in [-0.1, -0.05) is 40.9 Å². The lowest BCUT2D eigenvalue weighted by atomic mass is 10.1. The maximum Gasteiger partial charge on any atom is 0.273 e. The number of imide groups is 1. The standard InChI is InChI=1S/C14H12Cl3NO3/c1-21-6-2-5-18-13(19)11(12(17)14(18)20)9-4-3-8(15)7-10(9)16/h3-4,7H,2,5-6H2,1H3. The first kappa shape index (κ1) is 16.3. The number of hydrogen-bond donors (Lipinski definition) is 0. The van der Waals surface area contributed by atoms with Crippen molar-refractivity contribution < 1.29 is 14.3 Å². The first-order valence-electron chi connectivity index (χ1n) is 6.17. The van der Waals surface area contributed by atoms with Crippen LogP contribution in [0.4, 0.5) is 0 Å². The minimum absolute atomic E-state index is 0.112. The number of halogens is 3. The van der Waals surface area contributed by atoms with E-state index in [0.717, 1.165) is 4.90 Å². The maximum atomic E-state index is 12.4. The Bertz CT molecular complexity index is 628. The molecular weight excluding hydrogens is 337 g/mol. The molecule has 4 nitrogen and oxygen atoms in total. The zero-order chi connectivity index (χ0) is 15.6. The SMILES string of the molecule is COCCCN1C(=O)C(Cl)=C(c2ccc(Cl)cc2Cl)C1=O. The number of carbonyl (C=O) groups excluding carboxylic acids is 2. The average molecular weight is 349 g/mol. The van der Waals surface area contributed by atoms with E-state index in [1.54, 1.807) is 19.2 Å². The largest absolute Gasteiger partial charge is 0.385 e. The number of rotatable bonds is 5. The van der Waals surface area contributed by atoms with Gasteiger partial charge in [0, 0.05) is 30.8 Å². The van der Waals surface area contributed by atoms with E-state index < -0.39 is 11.8 Å². The third kappa shape index (κ3) is 3.24. The number of methoxy groups -OCH3 is 1. The van der Waals surface area contributed by atoms with Crippen LogP contribution in [0.2, 0.25) is 10.0 Å². The lowest BCUT2D eigenvalue weighted by Crippen LogP contribution is -2.32. The summed E-state index contributed by atoms with van der Waals surface area (Å²) in [6.07, 6.45) is 0.541. The molecule has 1 aliphatic rings. The summed E-state index contributed by atoms with van der Waals surface area (Å²) in [6, 6.07) is 4.67. The summed E-state index contributed by atoms with van der Waals surface area (Å²) in [6.45, 7) is 0.697. The topological polar surface area (TPSA) is 46.6 Å². The van der Waals surface area contributed by atoms with Gasteiger partial charge >= 0.3 is 0 Å². The van der Waals surface area contributed by atoms with Crippen molar-refractivity contribution in [1.29, 1.82) is 0 Å². The van der Waals surface area contributed by atoms with Crippen LogP contribution in [0.3, 0.4) is 0 Å². The van der Waals surface area contributed by atoms with E-state index >= 15 is 0 Å². The molecule has 2 rings (SSSR count). The summed E-state index contributed by atoms with van der Waals surface area (Å²) in [5, 5.41) is 0.589. The maximum absolute atomic E-state index is 12.4. The van der Waals surface area contributed by atoms with E-state index in [9.17, 15) is 9.59 Å². The summed E-state index contributed by atoms with van der Waals surface area (Å²) >= 11 is 17.9. The van der Waals surface area contributed by atoms with Gasteiger partial charge in [0.25, 0.3) is 11.8 Å². The molecular formula is C14H12Cl3NO3. The van der Waals surface area contributed by atoms with Crippen LogP contribution in [0.5, 0.6) is 0 Å². The Balaban J connectivity index is 2.31. The molecule has 112 valence electrons. The van der Waals surface area contributed by atoms with Gasteiger partial charge in [0.15, 0.2) is 0 Å². The van der Waals surface area contributed by atoms with E-state index in [-0.39, 0.29) is 22.2 Å². The van der Waals surface area contributed by atoms with Crippen molar-refractivity contribution in [3.05, 3.63) is 38.8 Å². The van der Waals surface area contributed by atoms with Crippen LogP contribution in [0.25, 0.3) is 5.57 Å². The van der Waals surface area contributed by atoms with Crippen molar-refractivity contribution in [2.24, 2.45) is 0 Å². The van der Waals surface area contributed by atoms with Crippen molar-refractivity contribution in [2.45, 2.75) is 6.42 Å². The van der Waals surface area contributed by atoms with Gasteiger partial charge in [-0.25, -0.2) is 0 Å². The van der Waals surface area contributed by atoms with Crippen molar-refractivity contribution in [3.63, 3.8) is 0 Å². The Morgan fingerprint density at radius 3 is 2.48 bits per heavy atom. The average Bonchev–Trinajstić information content (AvgIpc) is 2.64. The van der Waals surface area contributed by atoms with Crippen molar-refractivity contribution in [3.8, 4) is 0 Å². The molecule has 0 fully saturated rings. The number of benzene rings is 1. The van der Waals surface area contributed by atoms with E-state index in [0.29, 0.717) is 23.6 Å². The molecule has 0 unspecified atom stereocenters. The van der Waals surface area contributed by atoms with Gasteiger partial charge in [0.1, 0.15) is 5.03 Å².